The van der Waals surface area contributed by atoms with Gasteiger partial charge in [-0.05, 0) is 34.9 Å². The Morgan fingerprint density at radius 1 is 0.950 bits per heavy atom. The van der Waals surface area contributed by atoms with Crippen LogP contribution >= 0.6 is 22.9 Å². The summed E-state index contributed by atoms with van der Waals surface area (Å²) in [5, 5.41) is 12.7. The summed E-state index contributed by atoms with van der Waals surface area (Å²) >= 11 is 7.45. The molecular formula is C17H15ClOS. The van der Waals surface area contributed by atoms with E-state index in [9.17, 15) is 5.11 Å². The molecule has 20 heavy (non-hydrogen) atoms. The number of aliphatic hydroxyl groups is 1. The van der Waals surface area contributed by atoms with Crippen LogP contribution in [-0.2, 0) is 12.8 Å². The van der Waals surface area contributed by atoms with E-state index in [4.69, 9.17) is 11.6 Å². The Labute approximate surface area is 127 Å². The van der Waals surface area contributed by atoms with Gasteiger partial charge in [0.25, 0.3) is 0 Å². The average Bonchev–Trinajstić information content (AvgIpc) is 2.84. The third kappa shape index (κ3) is 3.04. The van der Waals surface area contributed by atoms with Crippen LogP contribution in [0.1, 0.15) is 10.4 Å². The fourth-order valence-corrected chi connectivity index (χ4v) is 3.65. The minimum Gasteiger partial charge on any atom is -0.392 e. The van der Waals surface area contributed by atoms with Gasteiger partial charge >= 0.3 is 0 Å². The molecule has 102 valence electrons. The molecule has 1 heterocycles. The topological polar surface area (TPSA) is 20.2 Å². The van der Waals surface area contributed by atoms with Crippen LogP contribution in [0.15, 0.2) is 54.6 Å². The van der Waals surface area contributed by atoms with Gasteiger partial charge in [0.2, 0.25) is 0 Å². The lowest BCUT2D eigenvalue weighted by Crippen LogP contribution is -2.13. The normalized spacial score (nSPS) is 12.7. The summed E-state index contributed by atoms with van der Waals surface area (Å²) in [5.74, 6) is 0. The van der Waals surface area contributed by atoms with E-state index in [1.54, 1.807) is 0 Å². The Hall–Kier alpha value is -1.35. The molecule has 1 aromatic heterocycles. The lowest BCUT2D eigenvalue weighted by atomic mass is 9.98. The van der Waals surface area contributed by atoms with Gasteiger partial charge < -0.3 is 5.11 Å². The first-order valence-electron chi connectivity index (χ1n) is 6.61. The van der Waals surface area contributed by atoms with Crippen molar-refractivity contribution < 1.29 is 5.11 Å². The first kappa shape index (κ1) is 13.6. The molecule has 0 fully saturated rings. The van der Waals surface area contributed by atoms with Gasteiger partial charge in [0.1, 0.15) is 0 Å². The molecule has 0 saturated heterocycles. The standard InChI is InChI=1S/C17H15ClOS/c18-17-9-8-15(20-17)11-14(19)10-13-6-3-5-12-4-1-2-7-16(12)13/h1-9,14,19H,10-11H2. The second kappa shape index (κ2) is 5.96. The second-order valence-electron chi connectivity index (χ2n) is 4.91. The van der Waals surface area contributed by atoms with Crippen LogP contribution in [-0.4, -0.2) is 11.2 Å². The maximum atomic E-state index is 10.3. The molecule has 3 aromatic rings. The van der Waals surface area contributed by atoms with Gasteiger partial charge in [-0.15, -0.1) is 11.3 Å². The quantitative estimate of drug-likeness (QED) is 0.740. The lowest BCUT2D eigenvalue weighted by molar-refractivity contribution is 0.176. The van der Waals surface area contributed by atoms with Crippen molar-refractivity contribution in [3.63, 3.8) is 0 Å². The molecule has 0 amide bonds. The van der Waals surface area contributed by atoms with Gasteiger partial charge in [-0.1, -0.05) is 54.1 Å². The minimum absolute atomic E-state index is 0.379. The summed E-state index contributed by atoms with van der Waals surface area (Å²) in [4.78, 5) is 1.13. The lowest BCUT2D eigenvalue weighted by Gasteiger charge is -2.11. The average molecular weight is 303 g/mol. The largest absolute Gasteiger partial charge is 0.392 e. The predicted molar refractivity (Wildman–Crippen MR) is 86.7 cm³/mol. The van der Waals surface area contributed by atoms with E-state index in [1.807, 2.05) is 30.3 Å². The van der Waals surface area contributed by atoms with E-state index in [1.165, 1.54) is 27.7 Å². The molecule has 1 N–H and O–H groups in total. The molecule has 0 aliphatic rings. The summed E-state index contributed by atoms with van der Waals surface area (Å²) in [6.07, 6.45) is 0.938. The predicted octanol–water partition coefficient (Wildman–Crippen LogP) is 4.70. The van der Waals surface area contributed by atoms with Crippen LogP contribution in [0.4, 0.5) is 0 Å². The van der Waals surface area contributed by atoms with Crippen molar-refractivity contribution in [2.24, 2.45) is 0 Å². The summed E-state index contributed by atoms with van der Waals surface area (Å²) in [5.41, 5.74) is 1.19. The molecule has 0 aliphatic heterocycles. The summed E-state index contributed by atoms with van der Waals surface area (Å²) in [6, 6.07) is 18.4. The van der Waals surface area contributed by atoms with Crippen LogP contribution in [0, 0.1) is 0 Å². The van der Waals surface area contributed by atoms with E-state index in [2.05, 4.69) is 24.3 Å². The molecule has 3 rings (SSSR count). The third-order valence-electron chi connectivity index (χ3n) is 3.40. The van der Waals surface area contributed by atoms with Crippen molar-refractivity contribution in [2.45, 2.75) is 18.9 Å². The highest BCUT2D eigenvalue weighted by molar-refractivity contribution is 7.16. The number of hydrogen-bond donors (Lipinski definition) is 1. The van der Waals surface area contributed by atoms with E-state index < -0.39 is 0 Å². The molecule has 2 aromatic carbocycles. The number of benzene rings is 2. The molecule has 1 atom stereocenters. The first-order chi connectivity index (χ1) is 9.72. The highest BCUT2D eigenvalue weighted by atomic mass is 35.5. The molecule has 0 saturated carbocycles. The molecular weight excluding hydrogens is 288 g/mol. The molecule has 0 aliphatic carbocycles. The number of hydrogen-bond acceptors (Lipinski definition) is 2. The molecule has 3 heteroatoms. The third-order valence-corrected chi connectivity index (χ3v) is 4.65. The molecule has 0 radical (unpaired) electrons. The maximum absolute atomic E-state index is 10.3. The minimum atomic E-state index is -0.379. The van der Waals surface area contributed by atoms with Gasteiger partial charge in [-0.3, -0.25) is 0 Å². The molecule has 0 spiro atoms. The van der Waals surface area contributed by atoms with Gasteiger partial charge in [0.05, 0.1) is 10.4 Å². The zero-order valence-corrected chi connectivity index (χ0v) is 12.5. The zero-order chi connectivity index (χ0) is 13.9. The molecule has 1 unspecified atom stereocenters. The fourth-order valence-electron chi connectivity index (χ4n) is 2.49. The SMILES string of the molecule is OC(Cc1ccc(Cl)s1)Cc1cccc2ccccc12. The highest BCUT2D eigenvalue weighted by Crippen LogP contribution is 2.24. The summed E-state index contributed by atoms with van der Waals surface area (Å²) in [6.45, 7) is 0. The molecule has 1 nitrogen and oxygen atoms in total. The Bertz CT molecular complexity index is 714. The van der Waals surface area contributed by atoms with Gasteiger partial charge in [0.15, 0.2) is 0 Å². The Morgan fingerprint density at radius 2 is 1.75 bits per heavy atom. The second-order valence-corrected chi connectivity index (χ2v) is 6.71. The van der Waals surface area contributed by atoms with Crippen LogP contribution in [0.25, 0.3) is 10.8 Å². The monoisotopic (exact) mass is 302 g/mol. The van der Waals surface area contributed by atoms with E-state index in [0.29, 0.717) is 12.8 Å². The van der Waals surface area contributed by atoms with Crippen molar-refractivity contribution in [2.75, 3.05) is 0 Å². The number of fused-ring (bicyclic) bond motifs is 1. The van der Waals surface area contributed by atoms with Crippen molar-refractivity contribution in [3.8, 4) is 0 Å². The number of halogens is 1. The van der Waals surface area contributed by atoms with E-state index in [0.717, 1.165) is 9.21 Å². The Balaban J connectivity index is 1.79. The van der Waals surface area contributed by atoms with Crippen molar-refractivity contribution >= 4 is 33.7 Å². The van der Waals surface area contributed by atoms with Gasteiger partial charge in [0, 0.05) is 11.3 Å². The van der Waals surface area contributed by atoms with Crippen LogP contribution in [0.2, 0.25) is 4.34 Å². The van der Waals surface area contributed by atoms with E-state index in [-0.39, 0.29) is 6.10 Å². The summed E-state index contributed by atoms with van der Waals surface area (Å²) < 4.78 is 0.775. The van der Waals surface area contributed by atoms with Crippen molar-refractivity contribution in [1.82, 2.24) is 0 Å². The van der Waals surface area contributed by atoms with Crippen molar-refractivity contribution in [1.29, 1.82) is 0 Å². The highest BCUT2D eigenvalue weighted by Gasteiger charge is 2.10. The summed E-state index contributed by atoms with van der Waals surface area (Å²) in [7, 11) is 0. The number of rotatable bonds is 4. The Kier molecular flexibility index (Phi) is 4.06. The Morgan fingerprint density at radius 3 is 2.55 bits per heavy atom. The van der Waals surface area contributed by atoms with Crippen LogP contribution in [0.3, 0.4) is 0 Å². The van der Waals surface area contributed by atoms with Crippen LogP contribution in [0.5, 0.6) is 0 Å². The van der Waals surface area contributed by atoms with Crippen LogP contribution < -0.4 is 0 Å². The maximum Gasteiger partial charge on any atom is 0.0931 e. The first-order valence-corrected chi connectivity index (χ1v) is 7.81. The zero-order valence-electron chi connectivity index (χ0n) is 10.9. The number of aliphatic hydroxyl groups excluding tert-OH is 1. The van der Waals surface area contributed by atoms with Gasteiger partial charge in [-0.2, -0.15) is 0 Å². The fraction of sp³-hybridized carbons (Fsp3) is 0.176. The van der Waals surface area contributed by atoms with E-state index >= 15 is 0 Å². The smallest absolute Gasteiger partial charge is 0.0931 e. The van der Waals surface area contributed by atoms with Crippen molar-refractivity contribution in [3.05, 3.63) is 69.4 Å². The number of thiophene rings is 1. The molecule has 0 bridgehead atoms. The van der Waals surface area contributed by atoms with Gasteiger partial charge in [-0.25, -0.2) is 0 Å².